The molecule has 1 aromatic carbocycles. The average Bonchev–Trinajstić information content (AvgIpc) is 3.32. The second-order valence-corrected chi connectivity index (χ2v) is 30.6. The van der Waals surface area contributed by atoms with Gasteiger partial charge in [0.25, 0.3) is 0 Å². The second-order valence-electron chi connectivity index (χ2n) is 20.7. The molecule has 0 N–H and O–H groups in total. The minimum Gasteiger partial charge on any atom is -0.490 e. The zero-order chi connectivity index (χ0) is 36.1. The molecule has 0 spiro atoms. The highest BCUT2D eigenvalue weighted by Crippen LogP contribution is 2.70. The van der Waals surface area contributed by atoms with Crippen LogP contribution in [0.5, 0.6) is 5.75 Å². The lowest BCUT2D eigenvalue weighted by atomic mass is 9.52. The Morgan fingerprint density at radius 2 is 1.41 bits per heavy atom. The Balaban J connectivity index is 1.74. The van der Waals surface area contributed by atoms with Crippen LogP contribution in [0.15, 0.2) is 70.4 Å². The Morgan fingerprint density at radius 3 is 2.00 bits per heavy atom. The van der Waals surface area contributed by atoms with Crippen LogP contribution in [0.3, 0.4) is 0 Å². The fourth-order valence-electron chi connectivity index (χ4n) is 11.6. The van der Waals surface area contributed by atoms with Crippen molar-refractivity contribution in [1.82, 2.24) is 0 Å². The summed E-state index contributed by atoms with van der Waals surface area (Å²) in [7, 11) is -3.94. The number of rotatable bonds is 8. The van der Waals surface area contributed by atoms with Crippen LogP contribution in [0.2, 0.25) is 37.3 Å². The van der Waals surface area contributed by atoms with Crippen molar-refractivity contribution in [3.8, 4) is 5.75 Å². The quantitative estimate of drug-likeness (QED) is 0.194. The first-order valence-corrected chi connectivity index (χ1v) is 25.9. The van der Waals surface area contributed by atoms with Gasteiger partial charge < -0.3 is 4.74 Å². The first-order valence-electron chi connectivity index (χ1n) is 20.0. The van der Waals surface area contributed by atoms with Crippen molar-refractivity contribution < 1.29 is 4.74 Å². The summed E-state index contributed by atoms with van der Waals surface area (Å²) in [6.45, 7) is 40.2. The summed E-state index contributed by atoms with van der Waals surface area (Å²) >= 11 is 0. The third kappa shape index (κ3) is 5.93. The van der Waals surface area contributed by atoms with Crippen LogP contribution in [0.25, 0.3) is 0 Å². The highest BCUT2D eigenvalue weighted by Gasteiger charge is 2.61. The van der Waals surface area contributed by atoms with Gasteiger partial charge in [-0.2, -0.15) is 0 Å². The second kappa shape index (κ2) is 12.1. The summed E-state index contributed by atoms with van der Waals surface area (Å²) in [4.78, 5) is 0. The molecule has 1 saturated carbocycles. The van der Waals surface area contributed by atoms with Gasteiger partial charge in [0.15, 0.2) is 0 Å². The molecule has 268 valence electrons. The van der Waals surface area contributed by atoms with E-state index in [0.29, 0.717) is 34.8 Å². The normalized spacial score (nSPS) is 28.2. The van der Waals surface area contributed by atoms with Crippen LogP contribution < -0.4 is 15.1 Å². The summed E-state index contributed by atoms with van der Waals surface area (Å²) in [6, 6.07) is 7.65. The lowest BCUT2D eigenvalue weighted by molar-refractivity contribution is 0.185. The number of aryl methyl sites for hydroxylation is 1. The van der Waals surface area contributed by atoms with Crippen molar-refractivity contribution in [2.24, 2.45) is 33.5 Å². The Bertz CT molecular complexity index is 1660. The van der Waals surface area contributed by atoms with Gasteiger partial charge in [-0.3, -0.25) is 0 Å². The van der Waals surface area contributed by atoms with E-state index in [2.05, 4.69) is 127 Å². The van der Waals surface area contributed by atoms with Crippen molar-refractivity contribution in [2.75, 3.05) is 6.61 Å². The molecule has 3 heteroatoms. The van der Waals surface area contributed by atoms with Crippen molar-refractivity contribution in [1.29, 1.82) is 0 Å². The van der Waals surface area contributed by atoms with Gasteiger partial charge in [-0.25, -0.2) is 0 Å². The Hall–Kier alpha value is -1.85. The van der Waals surface area contributed by atoms with Gasteiger partial charge in [-0.1, -0.05) is 155 Å². The Kier molecular flexibility index (Phi) is 9.13. The molecular formula is C46H70OSi2. The van der Waals surface area contributed by atoms with Crippen molar-refractivity contribution in [2.45, 2.75) is 152 Å². The van der Waals surface area contributed by atoms with Gasteiger partial charge in [0.2, 0.25) is 0 Å². The third-order valence-corrected chi connectivity index (χ3v) is 21.9. The molecule has 0 aromatic heterocycles. The van der Waals surface area contributed by atoms with E-state index in [1.807, 2.05) is 28.4 Å². The molecule has 5 aliphatic rings. The fraction of sp³-hybridized carbons (Fsp3) is 0.652. The van der Waals surface area contributed by atoms with Gasteiger partial charge in [0.1, 0.15) is 12.4 Å². The molecule has 6 rings (SSSR count). The summed E-state index contributed by atoms with van der Waals surface area (Å²) in [5.74, 6) is 2.47. The average molecular weight is 695 g/mol. The van der Waals surface area contributed by atoms with E-state index in [9.17, 15) is 0 Å². The van der Waals surface area contributed by atoms with Crippen LogP contribution in [0.1, 0.15) is 113 Å². The first kappa shape index (κ1) is 36.9. The molecule has 0 bridgehead atoms. The molecule has 0 radical (unpaired) electrons. The molecular weight excluding hydrogens is 625 g/mol. The molecule has 0 aliphatic heterocycles. The molecule has 0 heterocycles. The molecule has 3 atom stereocenters. The molecule has 0 saturated heterocycles. The standard InChI is InChI=1S/C46H70OSi2/c1-16-25-47-41-35(48(13,14)15)26-30(4)27-36(41)49(17-2,18-3)42-34-29-44(7,8)21-19-31(34)37-38(42)33-28-43(5,6)22-20-32(33)39-40(37)46(11,12)24-23-45(39,9)10/h16,23-24,26-27,33,38,42H,1,17-22,25,28-29H2,2-15H3. The van der Waals surface area contributed by atoms with Crippen LogP contribution in [-0.4, -0.2) is 22.8 Å². The molecule has 49 heavy (non-hydrogen) atoms. The fourth-order valence-corrected chi connectivity index (χ4v) is 19.0. The van der Waals surface area contributed by atoms with Gasteiger partial charge >= 0.3 is 0 Å². The van der Waals surface area contributed by atoms with E-state index in [1.54, 1.807) is 16.3 Å². The van der Waals surface area contributed by atoms with E-state index in [0.717, 1.165) is 0 Å². The number of ether oxygens (including phenoxy) is 1. The highest BCUT2D eigenvalue weighted by molar-refractivity contribution is 6.96. The van der Waals surface area contributed by atoms with E-state index in [-0.39, 0.29) is 10.8 Å². The zero-order valence-electron chi connectivity index (χ0n) is 34.1. The van der Waals surface area contributed by atoms with E-state index >= 15 is 0 Å². The maximum Gasteiger partial charge on any atom is 0.118 e. The van der Waals surface area contributed by atoms with E-state index < -0.39 is 16.1 Å². The Labute approximate surface area is 303 Å². The predicted octanol–water partition coefficient (Wildman–Crippen LogP) is 12.4. The first-order chi connectivity index (χ1) is 22.6. The topological polar surface area (TPSA) is 9.23 Å². The minimum atomic E-state index is -2.23. The van der Waals surface area contributed by atoms with Gasteiger partial charge in [-0.15, -0.1) is 0 Å². The summed E-state index contributed by atoms with van der Waals surface area (Å²) < 4.78 is 6.97. The SMILES string of the molecule is C=CCOc1c([Si](C)(C)C)cc(C)cc1[Si](CC)(CC)C1C2=C(CCC(C)(C)C2)C2=C3C(=C4CCC(C)(C)CC4C21)C(C)(C)C=CC3(C)C. The van der Waals surface area contributed by atoms with Crippen LogP contribution in [0, 0.1) is 40.4 Å². The number of hydrogen-bond acceptors (Lipinski definition) is 1. The maximum atomic E-state index is 6.97. The summed E-state index contributed by atoms with van der Waals surface area (Å²) in [5.41, 5.74) is 13.7. The number of hydrogen-bond donors (Lipinski definition) is 0. The maximum absolute atomic E-state index is 6.97. The predicted molar refractivity (Wildman–Crippen MR) is 220 cm³/mol. The van der Waals surface area contributed by atoms with Crippen LogP contribution in [-0.2, 0) is 0 Å². The van der Waals surface area contributed by atoms with Crippen molar-refractivity contribution >= 4 is 26.5 Å². The molecule has 1 aromatic rings. The number of allylic oxidation sites excluding steroid dienone is 8. The summed E-state index contributed by atoms with van der Waals surface area (Å²) in [5, 5.41) is 3.15. The highest BCUT2D eigenvalue weighted by atomic mass is 28.3. The molecule has 5 aliphatic carbocycles. The lowest BCUT2D eigenvalue weighted by Gasteiger charge is -2.54. The van der Waals surface area contributed by atoms with Gasteiger partial charge in [0, 0.05) is 10.8 Å². The third-order valence-electron chi connectivity index (χ3n) is 14.1. The smallest absolute Gasteiger partial charge is 0.118 e. The van der Waals surface area contributed by atoms with Gasteiger partial charge in [0.05, 0.1) is 16.1 Å². The lowest BCUT2D eigenvalue weighted by Crippen LogP contribution is -2.57. The van der Waals surface area contributed by atoms with Crippen LogP contribution >= 0.6 is 0 Å². The van der Waals surface area contributed by atoms with Crippen LogP contribution in [0.4, 0.5) is 0 Å². The van der Waals surface area contributed by atoms with Gasteiger partial charge in [-0.05, 0) is 106 Å². The molecule has 3 unspecified atom stereocenters. The molecule has 0 amide bonds. The summed E-state index contributed by atoms with van der Waals surface area (Å²) in [6.07, 6.45) is 14.8. The zero-order valence-corrected chi connectivity index (χ0v) is 36.1. The molecule has 1 fully saturated rings. The molecule has 1 nitrogen and oxygen atoms in total. The van der Waals surface area contributed by atoms with Crippen molar-refractivity contribution in [3.63, 3.8) is 0 Å². The van der Waals surface area contributed by atoms with E-state index in [4.69, 9.17) is 4.74 Å². The largest absolute Gasteiger partial charge is 0.490 e. The monoisotopic (exact) mass is 694 g/mol. The number of fused-ring (bicyclic) bond motifs is 5. The minimum absolute atomic E-state index is 0.0402. The number of benzene rings is 1. The van der Waals surface area contributed by atoms with E-state index in [1.165, 1.54) is 67.1 Å². The van der Waals surface area contributed by atoms with Crippen molar-refractivity contribution in [3.05, 3.63) is 75.9 Å². The Morgan fingerprint density at radius 1 is 0.816 bits per heavy atom.